The molecule has 0 unspecified atom stereocenters. The van der Waals surface area contributed by atoms with Crippen molar-refractivity contribution >= 4 is 23.2 Å². The van der Waals surface area contributed by atoms with E-state index in [4.69, 9.17) is 5.11 Å². The van der Waals surface area contributed by atoms with Crippen LogP contribution in [0, 0.1) is 5.92 Å². The Morgan fingerprint density at radius 3 is 1.22 bits per heavy atom. The Bertz CT molecular complexity index is 30.4. The van der Waals surface area contributed by atoms with E-state index in [0.29, 0.717) is 0 Å². The fourth-order valence-electron chi connectivity index (χ4n) is 0. The summed E-state index contributed by atoms with van der Waals surface area (Å²) in [5.41, 5.74) is 0. The smallest absolute Gasteiger partial charge is 0.204 e. The summed E-state index contributed by atoms with van der Waals surface area (Å²) in [6.07, 6.45) is 0. The number of alkyl halides is 2. The molecule has 0 saturated carbocycles. The predicted octanol–water partition coefficient (Wildman–Crippen LogP) is 2.36. The molecule has 0 heterocycles. The molecule has 0 saturated heterocycles. The fraction of sp³-hybridized carbons (Fsp3) is 0.800. The van der Waals surface area contributed by atoms with Gasteiger partial charge in [0, 0.05) is 21.7 Å². The number of hydrogen-bond donors (Lipinski definition) is 1. The minimum absolute atomic E-state index is 0. The van der Waals surface area contributed by atoms with Crippen molar-refractivity contribution in [3.63, 3.8) is 0 Å². The molecule has 0 amide bonds. The summed E-state index contributed by atoms with van der Waals surface area (Å²) in [6.45, 7) is 6.25. The van der Waals surface area contributed by atoms with Gasteiger partial charge in [0.05, 0.1) is 0 Å². The van der Waals surface area contributed by atoms with Crippen LogP contribution in [-0.2, 0) is 21.7 Å². The molecule has 56 valence electrons. The monoisotopic (exact) mass is 205 g/mol. The summed E-state index contributed by atoms with van der Waals surface area (Å²) in [5.74, 6) is 1.42. The first kappa shape index (κ1) is 16.7. The summed E-state index contributed by atoms with van der Waals surface area (Å²) < 4.78 is 0. The quantitative estimate of drug-likeness (QED) is 0.366. The molecule has 0 aromatic carbocycles. The van der Waals surface area contributed by atoms with Gasteiger partial charge in [0.25, 0.3) is 0 Å². The van der Waals surface area contributed by atoms with Crippen molar-refractivity contribution in [3.8, 4) is 0 Å². The zero-order chi connectivity index (χ0) is 7.15. The number of rotatable bonds is 0. The molecule has 0 spiro atoms. The van der Waals surface area contributed by atoms with E-state index in [1.165, 1.54) is 5.92 Å². The first-order chi connectivity index (χ1) is 3.46. The zero-order valence-corrected chi connectivity index (χ0v) is 8.85. The maximum absolute atomic E-state index is 7.59. The van der Waals surface area contributed by atoms with E-state index in [2.05, 4.69) is 44.0 Å². The minimum Gasteiger partial charge on any atom is -0.365 e. The largest absolute Gasteiger partial charge is 0.365 e. The van der Waals surface area contributed by atoms with E-state index in [9.17, 15) is 0 Å². The van der Waals surface area contributed by atoms with Crippen molar-refractivity contribution in [3.05, 3.63) is 5.92 Å². The predicted molar refractivity (Wildman–Crippen MR) is 38.0 cm³/mol. The first-order valence-corrected chi connectivity index (χ1v) is 3.07. The van der Waals surface area contributed by atoms with Crippen molar-refractivity contribution in [1.29, 1.82) is 0 Å². The van der Waals surface area contributed by atoms with E-state index in [-0.39, 0.29) is 21.7 Å². The van der Waals surface area contributed by atoms with Crippen LogP contribution in [0.1, 0.15) is 20.8 Å². The zero-order valence-electron chi connectivity index (χ0n) is 5.78. The molecular formula is C5H11Cl2OTi-. The van der Waals surface area contributed by atoms with Gasteiger partial charge in [0.2, 0.25) is 5.02 Å². The van der Waals surface area contributed by atoms with Gasteiger partial charge in [-0.15, -0.1) is 0 Å². The minimum atomic E-state index is -1.22. The average molecular weight is 206 g/mol. The van der Waals surface area contributed by atoms with Gasteiger partial charge in [-0.25, -0.2) is 0 Å². The van der Waals surface area contributed by atoms with Crippen LogP contribution in [0.15, 0.2) is 0 Å². The maximum atomic E-state index is 7.59. The number of halogens is 2. The Kier molecular flexibility index (Phi) is 22.2. The van der Waals surface area contributed by atoms with Crippen molar-refractivity contribution in [2.45, 2.75) is 25.8 Å². The van der Waals surface area contributed by atoms with Crippen molar-refractivity contribution in [2.75, 3.05) is 0 Å². The number of aliphatic hydroxyl groups is 1. The topological polar surface area (TPSA) is 20.2 Å². The molecular weight excluding hydrogens is 195 g/mol. The summed E-state index contributed by atoms with van der Waals surface area (Å²) >= 11 is 9.19. The molecule has 0 aromatic rings. The van der Waals surface area contributed by atoms with Crippen LogP contribution in [-0.4, -0.2) is 10.1 Å². The second-order valence-electron chi connectivity index (χ2n) is 1.78. The van der Waals surface area contributed by atoms with E-state index in [1.54, 1.807) is 0 Å². The van der Waals surface area contributed by atoms with Gasteiger partial charge in [-0.2, -0.15) is 20.8 Å². The van der Waals surface area contributed by atoms with E-state index in [1.807, 2.05) is 0 Å². The number of aliphatic hydroxyl groups excluding tert-OH is 1. The first-order valence-electron chi connectivity index (χ1n) is 2.19. The van der Waals surface area contributed by atoms with Crippen molar-refractivity contribution in [2.24, 2.45) is 0 Å². The van der Waals surface area contributed by atoms with Crippen LogP contribution in [0.2, 0.25) is 0 Å². The molecule has 1 nitrogen and oxygen atoms in total. The van der Waals surface area contributed by atoms with Crippen LogP contribution in [0.25, 0.3) is 0 Å². The standard InChI is InChI=1S/C4H9.CH2Cl2O.Ti/c1-4(2)3;2-1(3)4;/h1-3H3;1,4H;/q-1;;. The molecule has 0 aromatic heterocycles. The summed E-state index contributed by atoms with van der Waals surface area (Å²) in [5, 5.41) is 6.36. The van der Waals surface area contributed by atoms with Gasteiger partial charge in [-0.1, -0.05) is 23.2 Å². The Morgan fingerprint density at radius 2 is 1.22 bits per heavy atom. The van der Waals surface area contributed by atoms with Gasteiger partial charge in [0.15, 0.2) is 0 Å². The van der Waals surface area contributed by atoms with Gasteiger partial charge in [0.1, 0.15) is 0 Å². The Balaban J connectivity index is -0.0000000720. The van der Waals surface area contributed by atoms with Gasteiger partial charge in [-0.05, 0) is 0 Å². The number of hydrogen-bond acceptors (Lipinski definition) is 1. The van der Waals surface area contributed by atoms with Crippen LogP contribution in [0.3, 0.4) is 0 Å². The Hall–Kier alpha value is 1.25. The van der Waals surface area contributed by atoms with Crippen molar-refractivity contribution in [1.82, 2.24) is 0 Å². The third-order valence-electron chi connectivity index (χ3n) is 0. The molecule has 1 N–H and O–H groups in total. The molecule has 0 fully saturated rings. The second kappa shape index (κ2) is 12.0. The molecule has 0 bridgehead atoms. The normalized spacial score (nSPS) is 8.00. The average Bonchev–Trinajstić information content (AvgIpc) is 1.25. The van der Waals surface area contributed by atoms with Crippen LogP contribution in [0.5, 0.6) is 0 Å². The molecule has 0 aliphatic carbocycles. The van der Waals surface area contributed by atoms with Crippen LogP contribution < -0.4 is 0 Å². The van der Waals surface area contributed by atoms with Crippen LogP contribution >= 0.6 is 23.2 Å². The summed E-state index contributed by atoms with van der Waals surface area (Å²) in [7, 11) is 0. The van der Waals surface area contributed by atoms with Gasteiger partial charge < -0.3 is 11.0 Å². The molecule has 0 rings (SSSR count). The van der Waals surface area contributed by atoms with Crippen molar-refractivity contribution < 1.29 is 26.8 Å². The Morgan fingerprint density at radius 1 is 1.22 bits per heavy atom. The molecule has 0 atom stereocenters. The third-order valence-corrected chi connectivity index (χ3v) is 0. The molecule has 4 heteroatoms. The molecule has 0 aliphatic heterocycles. The van der Waals surface area contributed by atoms with E-state index >= 15 is 0 Å². The molecule has 9 heavy (non-hydrogen) atoms. The molecule has 0 aliphatic rings. The van der Waals surface area contributed by atoms with Gasteiger partial charge in [-0.3, -0.25) is 0 Å². The Labute approximate surface area is 81.6 Å². The fourth-order valence-corrected chi connectivity index (χ4v) is 0. The van der Waals surface area contributed by atoms with Crippen LogP contribution in [0.4, 0.5) is 0 Å². The summed E-state index contributed by atoms with van der Waals surface area (Å²) in [4.78, 5) is 0. The summed E-state index contributed by atoms with van der Waals surface area (Å²) in [6, 6.07) is 0. The second-order valence-corrected chi connectivity index (χ2v) is 2.83. The SMILES string of the molecule is C[C-](C)C.OC(Cl)Cl.[Ti]. The maximum Gasteiger partial charge on any atom is 0.204 e. The molecule has 0 radical (unpaired) electrons. The van der Waals surface area contributed by atoms with E-state index in [0.717, 1.165) is 0 Å². The van der Waals surface area contributed by atoms with Gasteiger partial charge >= 0.3 is 0 Å². The third kappa shape index (κ3) is 310. The van der Waals surface area contributed by atoms with E-state index < -0.39 is 5.02 Å².